The fourth-order valence-corrected chi connectivity index (χ4v) is 5.97. The number of alkyl halides is 3. The molecule has 1 saturated heterocycles. The second-order valence-electron chi connectivity index (χ2n) is 7.46. The van der Waals surface area contributed by atoms with Crippen molar-refractivity contribution in [2.45, 2.75) is 17.7 Å². The number of halogens is 5. The predicted molar refractivity (Wildman–Crippen MR) is 120 cm³/mol. The van der Waals surface area contributed by atoms with E-state index in [0.29, 0.717) is 19.5 Å². The van der Waals surface area contributed by atoms with Crippen molar-refractivity contribution in [3.63, 3.8) is 0 Å². The molecule has 0 bridgehead atoms. The molecule has 1 aromatic heterocycles. The highest BCUT2D eigenvalue weighted by Gasteiger charge is 2.32. The van der Waals surface area contributed by atoms with E-state index in [2.05, 4.69) is 9.72 Å². The summed E-state index contributed by atoms with van der Waals surface area (Å²) in [5.74, 6) is -0.971. The van der Waals surface area contributed by atoms with E-state index >= 15 is 0 Å². The molecule has 0 spiro atoms. The van der Waals surface area contributed by atoms with Gasteiger partial charge in [0.25, 0.3) is 0 Å². The van der Waals surface area contributed by atoms with Gasteiger partial charge in [-0.3, -0.25) is 0 Å². The normalized spacial score (nSPS) is 15.5. The zero-order valence-electron chi connectivity index (χ0n) is 17.4. The summed E-state index contributed by atoms with van der Waals surface area (Å²) in [6.45, 7) is 1.21. The topological polar surface area (TPSA) is 62.7 Å². The van der Waals surface area contributed by atoms with Crippen LogP contribution in [0.3, 0.4) is 0 Å². The van der Waals surface area contributed by atoms with Gasteiger partial charge in [-0.2, -0.15) is 4.31 Å². The Morgan fingerprint density at radius 1 is 1.06 bits per heavy atom. The molecule has 0 radical (unpaired) electrons. The molecule has 0 atom stereocenters. The lowest BCUT2D eigenvalue weighted by Gasteiger charge is -2.33. The van der Waals surface area contributed by atoms with Crippen molar-refractivity contribution >= 4 is 38.1 Å². The highest BCUT2D eigenvalue weighted by molar-refractivity contribution is 7.89. The second-order valence-corrected chi connectivity index (χ2v) is 10.6. The van der Waals surface area contributed by atoms with Gasteiger partial charge in [0, 0.05) is 38.0 Å². The third kappa shape index (κ3) is 5.80. The molecule has 182 valence electrons. The third-order valence-electron chi connectivity index (χ3n) is 5.11. The highest BCUT2D eigenvalue weighted by atomic mass is 35.5. The lowest BCUT2D eigenvalue weighted by molar-refractivity contribution is -0.274. The van der Waals surface area contributed by atoms with E-state index in [1.165, 1.54) is 21.7 Å². The molecule has 1 aliphatic rings. The van der Waals surface area contributed by atoms with Crippen molar-refractivity contribution in [3.05, 3.63) is 69.9 Å². The van der Waals surface area contributed by atoms with Crippen LogP contribution in [0, 0.1) is 5.82 Å². The molecule has 0 aliphatic carbocycles. The zero-order chi connectivity index (χ0) is 24.5. The number of anilines is 1. The lowest BCUT2D eigenvalue weighted by atomic mass is 10.1. The molecule has 34 heavy (non-hydrogen) atoms. The molecule has 6 nitrogen and oxygen atoms in total. The maximum atomic E-state index is 13.3. The summed E-state index contributed by atoms with van der Waals surface area (Å²) in [7, 11) is -3.86. The Kier molecular flexibility index (Phi) is 7.04. The summed E-state index contributed by atoms with van der Waals surface area (Å²) < 4.78 is 81.1. The summed E-state index contributed by atoms with van der Waals surface area (Å²) in [5, 5.41) is 2.68. The van der Waals surface area contributed by atoms with Crippen LogP contribution < -0.4 is 9.64 Å². The van der Waals surface area contributed by atoms with E-state index in [4.69, 9.17) is 11.6 Å². The van der Waals surface area contributed by atoms with Crippen LogP contribution in [0.5, 0.6) is 5.75 Å². The maximum absolute atomic E-state index is 13.3. The highest BCUT2D eigenvalue weighted by Crippen LogP contribution is 2.28. The summed E-state index contributed by atoms with van der Waals surface area (Å²) in [5.41, 5.74) is 1.62. The fraction of sp³-hybridized carbons (Fsp3) is 0.286. The van der Waals surface area contributed by atoms with Gasteiger partial charge in [-0.1, -0.05) is 17.7 Å². The number of sulfonamides is 1. The Morgan fingerprint density at radius 2 is 1.74 bits per heavy atom. The number of benzene rings is 2. The first-order valence-corrected chi connectivity index (χ1v) is 12.7. The summed E-state index contributed by atoms with van der Waals surface area (Å²) in [6.07, 6.45) is -4.36. The second kappa shape index (κ2) is 9.68. The molecule has 4 rings (SSSR count). The van der Waals surface area contributed by atoms with E-state index in [1.807, 2.05) is 10.3 Å². The zero-order valence-corrected chi connectivity index (χ0v) is 19.8. The van der Waals surface area contributed by atoms with E-state index in [1.54, 1.807) is 12.1 Å². The average molecular weight is 536 g/mol. The molecule has 3 aromatic rings. The number of piperazine rings is 1. The van der Waals surface area contributed by atoms with Gasteiger partial charge in [-0.25, -0.2) is 17.8 Å². The monoisotopic (exact) mass is 535 g/mol. The minimum Gasteiger partial charge on any atom is -0.406 e. The van der Waals surface area contributed by atoms with Crippen LogP contribution in [-0.4, -0.2) is 50.2 Å². The number of thiazole rings is 1. The Hall–Kier alpha value is -2.41. The van der Waals surface area contributed by atoms with Gasteiger partial charge in [0.05, 0.1) is 15.6 Å². The number of hydrogen-bond acceptors (Lipinski definition) is 6. The quantitative estimate of drug-likeness (QED) is 0.419. The molecule has 0 saturated carbocycles. The van der Waals surface area contributed by atoms with Crippen molar-refractivity contribution in [2.24, 2.45) is 0 Å². The smallest absolute Gasteiger partial charge is 0.406 e. The molecule has 0 N–H and O–H groups in total. The van der Waals surface area contributed by atoms with Crippen molar-refractivity contribution in [1.29, 1.82) is 0 Å². The van der Waals surface area contributed by atoms with E-state index < -0.39 is 28.0 Å². The molecule has 0 amide bonds. The molecular weight excluding hydrogens is 518 g/mol. The van der Waals surface area contributed by atoms with Crippen molar-refractivity contribution < 1.29 is 30.7 Å². The molecule has 1 aliphatic heterocycles. The molecule has 0 unspecified atom stereocenters. The predicted octanol–water partition coefficient (Wildman–Crippen LogP) is 4.94. The van der Waals surface area contributed by atoms with Gasteiger partial charge in [-0.15, -0.1) is 24.5 Å². The summed E-state index contributed by atoms with van der Waals surface area (Å²) in [6, 6.07) is 8.65. The Labute approximate surface area is 202 Å². The van der Waals surface area contributed by atoms with Gasteiger partial charge in [0.15, 0.2) is 5.13 Å². The fourth-order valence-electron chi connectivity index (χ4n) is 3.46. The van der Waals surface area contributed by atoms with Crippen LogP contribution in [0.4, 0.5) is 22.7 Å². The Morgan fingerprint density at radius 3 is 2.35 bits per heavy atom. The number of hydrogen-bond donors (Lipinski definition) is 0. The molecular formula is C21H18ClF4N3O3S2. The SMILES string of the molecule is O=S(=O)(c1ccc(OC(F)(F)F)cc1)N1CCN(c2nc(Cc3ccc(F)c(Cl)c3)cs2)CC1. The van der Waals surface area contributed by atoms with Gasteiger partial charge < -0.3 is 9.64 Å². The van der Waals surface area contributed by atoms with Crippen LogP contribution in [0.1, 0.15) is 11.3 Å². The maximum Gasteiger partial charge on any atom is 0.573 e. The molecule has 2 aromatic carbocycles. The van der Waals surface area contributed by atoms with E-state index in [9.17, 15) is 26.0 Å². The number of nitrogens with zero attached hydrogens (tertiary/aromatic N) is 3. The number of rotatable bonds is 6. The standard InChI is InChI=1S/C21H18ClF4N3O3S2/c22-18-12-14(1-6-19(18)23)11-15-13-33-20(27-15)28-7-9-29(10-8-28)34(30,31)17-4-2-16(3-5-17)32-21(24,25)26/h1-6,12-13H,7-11H2. The third-order valence-corrected chi connectivity index (χ3v) is 8.27. The van der Waals surface area contributed by atoms with Crippen LogP contribution in [0.25, 0.3) is 0 Å². The number of ether oxygens (including phenoxy) is 1. The van der Waals surface area contributed by atoms with Crippen molar-refractivity contribution in [3.8, 4) is 5.75 Å². The van der Waals surface area contributed by atoms with Crippen LogP contribution in [-0.2, 0) is 16.4 Å². The van der Waals surface area contributed by atoms with Crippen LogP contribution in [0.2, 0.25) is 5.02 Å². The van der Waals surface area contributed by atoms with E-state index in [-0.39, 0.29) is 23.0 Å². The van der Waals surface area contributed by atoms with Gasteiger partial charge >= 0.3 is 6.36 Å². The van der Waals surface area contributed by atoms with Crippen molar-refractivity contribution in [1.82, 2.24) is 9.29 Å². The molecule has 13 heteroatoms. The number of aromatic nitrogens is 1. The minimum absolute atomic E-state index is 0.0489. The van der Waals surface area contributed by atoms with Crippen LogP contribution >= 0.6 is 22.9 Å². The molecule has 2 heterocycles. The van der Waals surface area contributed by atoms with Gasteiger partial charge in [0.1, 0.15) is 11.6 Å². The first kappa shape index (κ1) is 24.7. The first-order valence-electron chi connectivity index (χ1n) is 10.0. The van der Waals surface area contributed by atoms with Crippen molar-refractivity contribution in [2.75, 3.05) is 31.1 Å². The average Bonchev–Trinajstić information content (AvgIpc) is 3.24. The summed E-state index contributed by atoms with van der Waals surface area (Å²) >= 11 is 7.26. The van der Waals surface area contributed by atoms with Gasteiger partial charge in [-0.05, 0) is 42.0 Å². The van der Waals surface area contributed by atoms with E-state index in [0.717, 1.165) is 40.7 Å². The largest absolute Gasteiger partial charge is 0.573 e. The Balaban J connectivity index is 1.37. The summed E-state index contributed by atoms with van der Waals surface area (Å²) in [4.78, 5) is 6.46. The Bertz CT molecular complexity index is 1260. The lowest BCUT2D eigenvalue weighted by Crippen LogP contribution is -2.48. The van der Waals surface area contributed by atoms with Gasteiger partial charge in [0.2, 0.25) is 10.0 Å². The molecule has 1 fully saturated rings. The van der Waals surface area contributed by atoms with Crippen LogP contribution in [0.15, 0.2) is 52.7 Å². The first-order chi connectivity index (χ1) is 16.0. The minimum atomic E-state index is -4.85.